The first-order valence-electron chi connectivity index (χ1n) is 8.57. The number of benzene rings is 1. The summed E-state index contributed by atoms with van der Waals surface area (Å²) in [7, 11) is 0.546. The molecule has 0 aromatic heterocycles. The second kappa shape index (κ2) is 9.55. The molecule has 5 N–H and O–H groups in total. The molecule has 0 spiro atoms. The zero-order valence-electron chi connectivity index (χ0n) is 14.2. The monoisotopic (exact) mass is 346 g/mol. The number of hydrogen-bond donors (Lipinski definition) is 4. The minimum atomic E-state index is -1.06. The van der Waals surface area contributed by atoms with E-state index < -0.39 is 11.6 Å². The number of nitrogens with two attached hydrogens (primary N) is 1. The molecular formula is C17H25BN3O4. The van der Waals surface area contributed by atoms with Crippen molar-refractivity contribution in [2.75, 3.05) is 6.54 Å². The first-order valence-corrected chi connectivity index (χ1v) is 8.57. The lowest BCUT2D eigenvalue weighted by atomic mass is 9.67. The van der Waals surface area contributed by atoms with Crippen LogP contribution in [0.3, 0.4) is 0 Å². The van der Waals surface area contributed by atoms with Crippen LogP contribution in [0, 0.1) is 5.41 Å². The molecule has 2 amide bonds. The van der Waals surface area contributed by atoms with Gasteiger partial charge in [0, 0.05) is 6.54 Å². The van der Waals surface area contributed by atoms with Crippen molar-refractivity contribution in [1.29, 1.82) is 0 Å². The summed E-state index contributed by atoms with van der Waals surface area (Å²) in [4.78, 5) is 25.3. The number of nitrogens with one attached hydrogen (secondary N) is 2. The van der Waals surface area contributed by atoms with Gasteiger partial charge in [0.05, 0.1) is 0 Å². The van der Waals surface area contributed by atoms with E-state index in [0.717, 1.165) is 12.0 Å². The standard InChI is InChI=1S/C17H25BN3O4/c19-11-4-8-14(25-18-24)21-16(23)17(9-5-10-17)15(22)20-12-13-6-2-1-3-7-13/h1-3,6-7,14,24H,4-5,8-12,19H2,(H,20,22)(H,21,23)/t14-/m1/s1. The third kappa shape index (κ3) is 5.04. The number of hydrogen-bond acceptors (Lipinski definition) is 5. The minimum Gasteiger partial charge on any atom is -0.429 e. The van der Waals surface area contributed by atoms with Crippen LogP contribution in [-0.2, 0) is 20.8 Å². The van der Waals surface area contributed by atoms with E-state index in [1.165, 1.54) is 0 Å². The summed E-state index contributed by atoms with van der Waals surface area (Å²) >= 11 is 0. The first kappa shape index (κ1) is 19.4. The van der Waals surface area contributed by atoms with E-state index in [0.29, 0.717) is 46.5 Å². The van der Waals surface area contributed by atoms with Crippen LogP contribution in [0.5, 0.6) is 0 Å². The molecule has 25 heavy (non-hydrogen) atoms. The van der Waals surface area contributed by atoms with Crippen molar-refractivity contribution in [3.63, 3.8) is 0 Å². The van der Waals surface area contributed by atoms with Crippen LogP contribution in [0.1, 0.15) is 37.7 Å². The molecule has 1 aromatic rings. The van der Waals surface area contributed by atoms with Crippen LogP contribution in [-0.4, -0.2) is 37.3 Å². The second-order valence-electron chi connectivity index (χ2n) is 6.24. The zero-order chi connectivity index (χ0) is 18.1. The normalized spacial score (nSPS) is 16.4. The molecule has 7 nitrogen and oxygen atoms in total. The third-order valence-corrected chi connectivity index (χ3v) is 4.56. The van der Waals surface area contributed by atoms with Crippen LogP contribution in [0.2, 0.25) is 0 Å². The molecular weight excluding hydrogens is 321 g/mol. The Labute approximate surface area is 148 Å². The SMILES string of the molecule is NCCC[C@H](NC(=O)C1(C(=O)NCc2ccccc2)CCC1)O[B]O. The van der Waals surface area contributed by atoms with Crippen LogP contribution in [0.25, 0.3) is 0 Å². The van der Waals surface area contributed by atoms with Crippen LogP contribution in [0.4, 0.5) is 0 Å². The molecule has 2 rings (SSSR count). The predicted octanol–water partition coefficient (Wildman–Crippen LogP) is 0.197. The van der Waals surface area contributed by atoms with Gasteiger partial charge >= 0.3 is 7.69 Å². The molecule has 0 unspecified atom stereocenters. The minimum absolute atomic E-state index is 0.273. The van der Waals surface area contributed by atoms with Crippen LogP contribution >= 0.6 is 0 Å². The maximum absolute atomic E-state index is 12.7. The average Bonchev–Trinajstić information content (AvgIpc) is 2.58. The molecule has 135 valence electrons. The van der Waals surface area contributed by atoms with E-state index in [9.17, 15) is 9.59 Å². The first-order chi connectivity index (χ1) is 12.1. The zero-order valence-corrected chi connectivity index (χ0v) is 14.2. The Morgan fingerprint density at radius 2 is 2.00 bits per heavy atom. The van der Waals surface area contributed by atoms with Crippen molar-refractivity contribution < 1.29 is 19.3 Å². The van der Waals surface area contributed by atoms with Crippen LogP contribution in [0.15, 0.2) is 30.3 Å². The molecule has 0 saturated heterocycles. The van der Waals surface area contributed by atoms with E-state index in [1.807, 2.05) is 30.3 Å². The third-order valence-electron chi connectivity index (χ3n) is 4.56. The average molecular weight is 346 g/mol. The summed E-state index contributed by atoms with van der Waals surface area (Å²) < 4.78 is 5.00. The summed E-state index contributed by atoms with van der Waals surface area (Å²) in [6, 6.07) is 9.55. The number of carbonyl (C=O) groups is 2. The summed E-state index contributed by atoms with van der Waals surface area (Å²) in [6.07, 6.45) is 2.23. The van der Waals surface area contributed by atoms with Crippen molar-refractivity contribution in [3.05, 3.63) is 35.9 Å². The largest absolute Gasteiger partial charge is 0.486 e. The number of amides is 2. The maximum Gasteiger partial charge on any atom is 0.486 e. The van der Waals surface area contributed by atoms with Crippen molar-refractivity contribution >= 4 is 19.5 Å². The van der Waals surface area contributed by atoms with E-state index in [1.54, 1.807) is 0 Å². The predicted molar refractivity (Wildman–Crippen MR) is 93.8 cm³/mol. The number of carbonyl (C=O) groups excluding carboxylic acids is 2. The van der Waals surface area contributed by atoms with Gasteiger partial charge in [-0.3, -0.25) is 9.59 Å². The molecule has 0 heterocycles. The topological polar surface area (TPSA) is 114 Å². The van der Waals surface area contributed by atoms with E-state index in [2.05, 4.69) is 10.6 Å². The highest BCUT2D eigenvalue weighted by molar-refractivity contribution is 6.16. The van der Waals surface area contributed by atoms with Gasteiger partial charge in [-0.1, -0.05) is 36.8 Å². The molecule has 1 fully saturated rings. The van der Waals surface area contributed by atoms with Gasteiger partial charge in [-0.2, -0.15) is 0 Å². The molecule has 1 aliphatic rings. The molecule has 1 aromatic carbocycles. The molecule has 1 aliphatic carbocycles. The maximum atomic E-state index is 12.7. The fraction of sp³-hybridized carbons (Fsp3) is 0.529. The molecule has 0 aliphatic heterocycles. The lowest BCUT2D eigenvalue weighted by Crippen LogP contribution is -2.57. The summed E-state index contributed by atoms with van der Waals surface area (Å²) in [5, 5.41) is 14.4. The molecule has 1 saturated carbocycles. The summed E-state index contributed by atoms with van der Waals surface area (Å²) in [5.74, 6) is -0.640. The Balaban J connectivity index is 1.95. The van der Waals surface area contributed by atoms with Gasteiger partial charge in [0.2, 0.25) is 11.8 Å². The Morgan fingerprint density at radius 3 is 2.56 bits per heavy atom. The Hall–Kier alpha value is -1.90. The Bertz CT molecular complexity index is 566. The van der Waals surface area contributed by atoms with Gasteiger partial charge in [-0.25, -0.2) is 0 Å². The molecule has 1 atom stereocenters. The lowest BCUT2D eigenvalue weighted by Gasteiger charge is -2.39. The quantitative estimate of drug-likeness (QED) is 0.275. The molecule has 8 heteroatoms. The van der Waals surface area contributed by atoms with Crippen molar-refractivity contribution in [2.45, 2.75) is 44.9 Å². The highest BCUT2D eigenvalue weighted by Crippen LogP contribution is 2.41. The highest BCUT2D eigenvalue weighted by Gasteiger charge is 2.51. The van der Waals surface area contributed by atoms with Gasteiger partial charge < -0.3 is 26.0 Å². The van der Waals surface area contributed by atoms with Crippen LogP contribution < -0.4 is 16.4 Å². The van der Waals surface area contributed by atoms with Crippen molar-refractivity contribution in [3.8, 4) is 0 Å². The van der Waals surface area contributed by atoms with Crippen molar-refractivity contribution in [1.82, 2.24) is 10.6 Å². The Morgan fingerprint density at radius 1 is 1.28 bits per heavy atom. The fourth-order valence-electron chi connectivity index (χ4n) is 2.87. The van der Waals surface area contributed by atoms with Gasteiger partial charge in [0.25, 0.3) is 0 Å². The fourth-order valence-corrected chi connectivity index (χ4v) is 2.87. The van der Waals surface area contributed by atoms with E-state index in [4.69, 9.17) is 15.4 Å². The number of rotatable bonds is 10. The van der Waals surface area contributed by atoms with E-state index >= 15 is 0 Å². The smallest absolute Gasteiger partial charge is 0.429 e. The van der Waals surface area contributed by atoms with Gasteiger partial charge in [-0.15, -0.1) is 0 Å². The van der Waals surface area contributed by atoms with Gasteiger partial charge in [-0.05, 0) is 37.8 Å². The summed E-state index contributed by atoms with van der Waals surface area (Å²) in [5.41, 5.74) is 5.38. The molecule has 0 bridgehead atoms. The lowest BCUT2D eigenvalue weighted by molar-refractivity contribution is -0.151. The molecule has 1 radical (unpaired) electrons. The second-order valence-corrected chi connectivity index (χ2v) is 6.24. The van der Waals surface area contributed by atoms with E-state index in [-0.39, 0.29) is 11.8 Å². The highest BCUT2D eigenvalue weighted by atomic mass is 16.5. The Kier molecular flexibility index (Phi) is 7.42. The van der Waals surface area contributed by atoms with Crippen molar-refractivity contribution in [2.24, 2.45) is 11.1 Å². The summed E-state index contributed by atoms with van der Waals surface area (Å²) in [6.45, 7) is 0.829. The van der Waals surface area contributed by atoms with Gasteiger partial charge in [0.1, 0.15) is 11.6 Å². The van der Waals surface area contributed by atoms with Gasteiger partial charge in [0.15, 0.2) is 0 Å².